The van der Waals surface area contributed by atoms with E-state index in [-0.39, 0.29) is 11.6 Å². The summed E-state index contributed by atoms with van der Waals surface area (Å²) in [5.41, 5.74) is 8.06. The molecule has 0 bridgehead atoms. The van der Waals surface area contributed by atoms with E-state index in [2.05, 4.69) is 46.7 Å². The average Bonchev–Trinajstić information content (AvgIpc) is 2.79. The predicted molar refractivity (Wildman–Crippen MR) is 129 cm³/mol. The summed E-state index contributed by atoms with van der Waals surface area (Å²) in [5, 5.41) is 3.74. The number of nitrogens with one attached hydrogen (secondary N) is 1. The molecule has 2 aliphatic carbocycles. The number of rotatable bonds is 6. The third-order valence-electron chi connectivity index (χ3n) is 7.85. The summed E-state index contributed by atoms with van der Waals surface area (Å²) in [6.07, 6.45) is 21.1. The molecule has 31 heavy (non-hydrogen) atoms. The van der Waals surface area contributed by atoms with Crippen LogP contribution in [-0.4, -0.2) is 42.7 Å². The molecule has 4 nitrogen and oxygen atoms in total. The molecule has 0 radical (unpaired) electrons. The summed E-state index contributed by atoms with van der Waals surface area (Å²) in [4.78, 5) is 2.79. The molecule has 170 valence electrons. The van der Waals surface area contributed by atoms with Crippen molar-refractivity contribution in [1.29, 1.82) is 0 Å². The Kier molecular flexibility index (Phi) is 7.86. The van der Waals surface area contributed by atoms with Gasteiger partial charge in [-0.2, -0.15) is 0 Å². The molecule has 1 saturated heterocycles. The molecule has 1 heterocycles. The number of hydrogen-bond acceptors (Lipinski definition) is 4. The van der Waals surface area contributed by atoms with Gasteiger partial charge in [-0.25, -0.2) is 0 Å². The zero-order valence-corrected chi connectivity index (χ0v) is 19.3. The van der Waals surface area contributed by atoms with Gasteiger partial charge in [0.25, 0.3) is 0 Å². The number of piperidine rings is 1. The fourth-order valence-corrected chi connectivity index (χ4v) is 5.84. The predicted octanol–water partition coefficient (Wildman–Crippen LogP) is 4.80. The Bertz CT molecular complexity index is 727. The van der Waals surface area contributed by atoms with Crippen molar-refractivity contribution in [1.82, 2.24) is 10.2 Å². The van der Waals surface area contributed by atoms with Crippen molar-refractivity contribution in [2.45, 2.75) is 82.0 Å². The smallest absolute Gasteiger partial charge is 0.118 e. The Morgan fingerprint density at radius 2 is 1.65 bits per heavy atom. The van der Waals surface area contributed by atoms with E-state index in [4.69, 9.17) is 10.5 Å². The van der Waals surface area contributed by atoms with Crippen LogP contribution < -0.4 is 15.8 Å². The molecule has 1 aliphatic heterocycles. The molecule has 1 saturated carbocycles. The van der Waals surface area contributed by atoms with Crippen LogP contribution in [0.2, 0.25) is 0 Å². The van der Waals surface area contributed by atoms with E-state index >= 15 is 0 Å². The van der Waals surface area contributed by atoms with Crippen molar-refractivity contribution in [3.05, 3.63) is 54.1 Å². The van der Waals surface area contributed by atoms with Gasteiger partial charge in [0.15, 0.2) is 0 Å². The van der Waals surface area contributed by atoms with Crippen LogP contribution in [0, 0.1) is 5.92 Å². The highest BCUT2D eigenvalue weighted by molar-refractivity contribution is 5.30. The summed E-state index contributed by atoms with van der Waals surface area (Å²) in [6, 6.07) is 9.27. The van der Waals surface area contributed by atoms with Crippen molar-refractivity contribution in [3.8, 4) is 5.75 Å². The van der Waals surface area contributed by atoms with Gasteiger partial charge in [0.1, 0.15) is 5.75 Å². The molecule has 2 unspecified atom stereocenters. The van der Waals surface area contributed by atoms with Crippen molar-refractivity contribution >= 4 is 0 Å². The van der Waals surface area contributed by atoms with Gasteiger partial charge in [0.05, 0.1) is 12.6 Å². The molecule has 3 N–H and O–H groups in total. The van der Waals surface area contributed by atoms with Crippen LogP contribution in [0.25, 0.3) is 0 Å². The number of nitrogens with two attached hydrogens (primary N) is 1. The Balaban J connectivity index is 1.34. The maximum absolute atomic E-state index is 7.12. The van der Waals surface area contributed by atoms with E-state index in [9.17, 15) is 0 Å². The molecular formula is C27H41N3O. The Hall–Kier alpha value is -1.62. The monoisotopic (exact) mass is 423 g/mol. The molecule has 3 aliphatic rings. The number of allylic oxidation sites excluding steroid dienone is 2. The highest BCUT2D eigenvalue weighted by Crippen LogP contribution is 2.35. The van der Waals surface area contributed by atoms with Gasteiger partial charge in [0, 0.05) is 18.6 Å². The van der Waals surface area contributed by atoms with Crippen LogP contribution in [-0.2, 0) is 6.54 Å². The maximum atomic E-state index is 7.12. The first kappa shape index (κ1) is 22.6. The van der Waals surface area contributed by atoms with Gasteiger partial charge in [-0.05, 0) is 62.4 Å². The molecule has 2 atom stereocenters. The van der Waals surface area contributed by atoms with Crippen LogP contribution in [0.3, 0.4) is 0 Å². The number of hydrogen-bond donors (Lipinski definition) is 2. The highest BCUT2D eigenvalue weighted by Gasteiger charge is 2.41. The normalized spacial score (nSPS) is 28.9. The lowest BCUT2D eigenvalue weighted by molar-refractivity contribution is 0.0874. The summed E-state index contributed by atoms with van der Waals surface area (Å²) < 4.78 is 5.28. The minimum Gasteiger partial charge on any atom is -0.497 e. The van der Waals surface area contributed by atoms with E-state index in [1.807, 2.05) is 12.1 Å². The lowest BCUT2D eigenvalue weighted by atomic mass is 9.71. The van der Waals surface area contributed by atoms with Gasteiger partial charge >= 0.3 is 0 Å². The van der Waals surface area contributed by atoms with Crippen molar-refractivity contribution in [2.24, 2.45) is 11.7 Å². The van der Waals surface area contributed by atoms with Gasteiger partial charge in [-0.1, -0.05) is 68.5 Å². The summed E-state index contributed by atoms with van der Waals surface area (Å²) in [7, 11) is 1.71. The van der Waals surface area contributed by atoms with Crippen molar-refractivity contribution in [2.75, 3.05) is 20.2 Å². The highest BCUT2D eigenvalue weighted by atomic mass is 16.5. The van der Waals surface area contributed by atoms with E-state index in [0.29, 0.717) is 5.92 Å². The van der Waals surface area contributed by atoms with Gasteiger partial charge in [-0.3, -0.25) is 0 Å². The third kappa shape index (κ3) is 5.60. The summed E-state index contributed by atoms with van der Waals surface area (Å²) in [5.74, 6) is 1.42. The minimum absolute atomic E-state index is 0.164. The SMILES string of the molecule is COc1ccc(CNC2C=CC=CC2(N)C2CCN(C3CCCCCCC3)CC2)cc1. The molecule has 4 rings (SSSR count). The third-order valence-corrected chi connectivity index (χ3v) is 7.85. The van der Waals surface area contributed by atoms with Gasteiger partial charge in [0.2, 0.25) is 0 Å². The fourth-order valence-electron chi connectivity index (χ4n) is 5.84. The van der Waals surface area contributed by atoms with E-state index < -0.39 is 0 Å². The molecule has 1 aromatic carbocycles. The molecule has 2 fully saturated rings. The summed E-state index contributed by atoms with van der Waals surface area (Å²) in [6.45, 7) is 3.22. The first-order valence-corrected chi connectivity index (χ1v) is 12.4. The van der Waals surface area contributed by atoms with Crippen LogP contribution in [0.1, 0.15) is 63.4 Å². The molecular weight excluding hydrogens is 382 g/mol. The first-order chi connectivity index (χ1) is 15.2. The largest absolute Gasteiger partial charge is 0.497 e. The minimum atomic E-state index is -0.311. The van der Waals surface area contributed by atoms with Gasteiger partial charge < -0.3 is 20.7 Å². The average molecular weight is 424 g/mol. The Morgan fingerprint density at radius 1 is 0.968 bits per heavy atom. The number of nitrogens with zero attached hydrogens (tertiary/aromatic N) is 1. The van der Waals surface area contributed by atoms with E-state index in [0.717, 1.165) is 18.3 Å². The van der Waals surface area contributed by atoms with Crippen molar-refractivity contribution in [3.63, 3.8) is 0 Å². The number of likely N-dealkylation sites (tertiary alicyclic amines) is 1. The van der Waals surface area contributed by atoms with E-state index in [1.54, 1.807) is 7.11 Å². The van der Waals surface area contributed by atoms with Gasteiger partial charge in [-0.15, -0.1) is 0 Å². The number of methoxy groups -OCH3 is 1. The number of ether oxygens (including phenoxy) is 1. The lowest BCUT2D eigenvalue weighted by Crippen LogP contribution is -2.62. The van der Waals surface area contributed by atoms with Crippen LogP contribution in [0.5, 0.6) is 5.75 Å². The summed E-state index contributed by atoms with van der Waals surface area (Å²) >= 11 is 0. The van der Waals surface area contributed by atoms with Crippen LogP contribution in [0.15, 0.2) is 48.6 Å². The Labute approximate surface area is 188 Å². The van der Waals surface area contributed by atoms with Crippen LogP contribution >= 0.6 is 0 Å². The second kappa shape index (κ2) is 10.8. The second-order valence-corrected chi connectivity index (χ2v) is 9.76. The molecule has 0 spiro atoms. The molecule has 1 aromatic rings. The second-order valence-electron chi connectivity index (χ2n) is 9.76. The van der Waals surface area contributed by atoms with Crippen molar-refractivity contribution < 1.29 is 4.74 Å². The molecule has 0 amide bonds. The van der Waals surface area contributed by atoms with E-state index in [1.165, 1.54) is 76.4 Å². The maximum Gasteiger partial charge on any atom is 0.118 e. The Morgan fingerprint density at radius 3 is 2.32 bits per heavy atom. The fraction of sp³-hybridized carbons (Fsp3) is 0.630. The zero-order chi connectivity index (χ0) is 21.5. The lowest BCUT2D eigenvalue weighted by Gasteiger charge is -2.47. The number of benzene rings is 1. The first-order valence-electron chi connectivity index (χ1n) is 12.4. The quantitative estimate of drug-likeness (QED) is 0.690. The zero-order valence-electron chi connectivity index (χ0n) is 19.3. The standard InChI is InChI=1S/C27H41N3O/c1-31-25-14-12-22(13-15-25)21-29-26-11-7-8-18-27(26,28)23-16-19-30(20-17-23)24-9-5-3-2-4-6-10-24/h7-8,11-15,18,23-24,26,29H,2-6,9-10,16-17,19-21,28H2,1H3. The van der Waals surface area contributed by atoms with Crippen LogP contribution in [0.4, 0.5) is 0 Å². The molecule has 4 heteroatoms. The topological polar surface area (TPSA) is 50.5 Å². The molecule has 0 aromatic heterocycles.